The molecule has 0 aromatic carbocycles. The normalized spacial score (nSPS) is 28.8. The number of hydrogen-bond acceptors (Lipinski definition) is 1. The molecular formula is C12H16O. The van der Waals surface area contributed by atoms with Crippen molar-refractivity contribution in [2.45, 2.75) is 38.5 Å². The second-order valence-electron chi connectivity index (χ2n) is 3.96. The van der Waals surface area contributed by atoms with E-state index in [1.807, 2.05) is 6.08 Å². The van der Waals surface area contributed by atoms with E-state index in [1.165, 1.54) is 24.8 Å². The Hall–Kier alpha value is -0.850. The minimum absolute atomic E-state index is 0.241. The molecule has 0 radical (unpaired) electrons. The fourth-order valence-electron chi connectivity index (χ4n) is 2.27. The van der Waals surface area contributed by atoms with Crippen LogP contribution in [-0.4, -0.2) is 5.78 Å². The largest absolute Gasteiger partial charge is 0.294 e. The molecule has 0 aliphatic heterocycles. The molecule has 0 heterocycles. The summed E-state index contributed by atoms with van der Waals surface area (Å²) in [5, 5.41) is 0. The van der Waals surface area contributed by atoms with E-state index in [-0.39, 0.29) is 5.92 Å². The molecule has 1 heteroatoms. The van der Waals surface area contributed by atoms with Crippen LogP contribution in [0.15, 0.2) is 23.8 Å². The highest BCUT2D eigenvalue weighted by Gasteiger charge is 2.23. The van der Waals surface area contributed by atoms with Crippen LogP contribution < -0.4 is 0 Å². The highest BCUT2D eigenvalue weighted by atomic mass is 16.1. The predicted molar refractivity (Wildman–Crippen MR) is 53.4 cm³/mol. The van der Waals surface area contributed by atoms with Gasteiger partial charge < -0.3 is 0 Å². The Labute approximate surface area is 79.5 Å². The van der Waals surface area contributed by atoms with Crippen molar-refractivity contribution < 1.29 is 4.79 Å². The topological polar surface area (TPSA) is 17.1 Å². The molecule has 70 valence electrons. The highest BCUT2D eigenvalue weighted by molar-refractivity contribution is 5.94. The third kappa shape index (κ3) is 1.90. The van der Waals surface area contributed by atoms with Crippen LogP contribution in [0.1, 0.15) is 38.5 Å². The molecule has 0 aromatic rings. The number of carbonyl (C=O) groups is 1. The molecule has 1 nitrogen and oxygen atoms in total. The maximum atomic E-state index is 11.6. The minimum Gasteiger partial charge on any atom is -0.294 e. The summed E-state index contributed by atoms with van der Waals surface area (Å²) in [4.78, 5) is 11.6. The van der Waals surface area contributed by atoms with Gasteiger partial charge in [0.2, 0.25) is 0 Å². The molecule has 0 fully saturated rings. The lowest BCUT2D eigenvalue weighted by atomic mass is 9.81. The molecule has 0 aromatic heterocycles. The van der Waals surface area contributed by atoms with Crippen molar-refractivity contribution in [2.24, 2.45) is 5.92 Å². The zero-order valence-corrected chi connectivity index (χ0v) is 7.96. The Balaban J connectivity index is 2.10. The molecule has 0 amide bonds. The summed E-state index contributed by atoms with van der Waals surface area (Å²) in [6.07, 6.45) is 13.1. The summed E-state index contributed by atoms with van der Waals surface area (Å²) in [6, 6.07) is 0. The molecule has 2 aliphatic rings. The van der Waals surface area contributed by atoms with Gasteiger partial charge in [0.25, 0.3) is 0 Å². The zero-order valence-electron chi connectivity index (χ0n) is 7.96. The van der Waals surface area contributed by atoms with Crippen molar-refractivity contribution in [1.29, 1.82) is 0 Å². The van der Waals surface area contributed by atoms with Gasteiger partial charge >= 0.3 is 0 Å². The van der Waals surface area contributed by atoms with Crippen LogP contribution in [0.25, 0.3) is 0 Å². The van der Waals surface area contributed by atoms with Crippen LogP contribution in [0.3, 0.4) is 0 Å². The predicted octanol–water partition coefficient (Wildman–Crippen LogP) is 3.02. The Morgan fingerprint density at radius 3 is 2.85 bits per heavy atom. The summed E-state index contributed by atoms with van der Waals surface area (Å²) in [7, 11) is 0. The van der Waals surface area contributed by atoms with E-state index in [4.69, 9.17) is 0 Å². The summed E-state index contributed by atoms with van der Waals surface area (Å²) in [5.41, 5.74) is 1.42. The van der Waals surface area contributed by atoms with Crippen molar-refractivity contribution >= 4 is 5.78 Å². The number of allylic oxidation sites excluding steroid dienone is 4. The lowest BCUT2D eigenvalue weighted by Crippen LogP contribution is -2.18. The van der Waals surface area contributed by atoms with Crippen LogP contribution in [-0.2, 0) is 4.79 Å². The van der Waals surface area contributed by atoms with Crippen LogP contribution in [0.4, 0.5) is 0 Å². The van der Waals surface area contributed by atoms with Crippen molar-refractivity contribution in [2.75, 3.05) is 0 Å². The Morgan fingerprint density at radius 1 is 1.23 bits per heavy atom. The van der Waals surface area contributed by atoms with Crippen molar-refractivity contribution in [3.63, 3.8) is 0 Å². The monoisotopic (exact) mass is 176 g/mol. The third-order valence-electron chi connectivity index (χ3n) is 3.02. The first kappa shape index (κ1) is 8.74. The van der Waals surface area contributed by atoms with Gasteiger partial charge in [-0.2, -0.15) is 0 Å². The molecular weight excluding hydrogens is 160 g/mol. The van der Waals surface area contributed by atoms with E-state index in [0.29, 0.717) is 5.78 Å². The van der Waals surface area contributed by atoms with Crippen LogP contribution in [0.5, 0.6) is 0 Å². The van der Waals surface area contributed by atoms with Gasteiger partial charge in [0.05, 0.1) is 0 Å². The van der Waals surface area contributed by atoms with E-state index in [1.54, 1.807) is 6.08 Å². The second kappa shape index (κ2) is 3.91. The lowest BCUT2D eigenvalue weighted by Gasteiger charge is -2.22. The highest BCUT2D eigenvalue weighted by Crippen LogP contribution is 2.30. The summed E-state index contributed by atoms with van der Waals surface area (Å²) < 4.78 is 0. The minimum atomic E-state index is 0.241. The Morgan fingerprint density at radius 2 is 2.15 bits per heavy atom. The molecule has 0 saturated carbocycles. The summed E-state index contributed by atoms with van der Waals surface area (Å²) in [5.74, 6) is 0.574. The zero-order chi connectivity index (χ0) is 9.10. The number of carbonyl (C=O) groups excluding carboxylic acids is 1. The van der Waals surface area contributed by atoms with Crippen LogP contribution in [0, 0.1) is 5.92 Å². The average Bonchev–Trinajstić information content (AvgIpc) is 2.20. The molecule has 1 atom stereocenters. The Bertz CT molecular complexity index is 260. The van der Waals surface area contributed by atoms with Crippen LogP contribution >= 0.6 is 0 Å². The van der Waals surface area contributed by atoms with Gasteiger partial charge in [-0.1, -0.05) is 17.7 Å². The van der Waals surface area contributed by atoms with Crippen molar-refractivity contribution in [1.82, 2.24) is 0 Å². The number of ketones is 1. The van der Waals surface area contributed by atoms with Gasteiger partial charge in [-0.3, -0.25) is 4.79 Å². The Kier molecular flexibility index (Phi) is 2.62. The maximum Gasteiger partial charge on any atom is 0.162 e. The first-order valence-electron chi connectivity index (χ1n) is 5.27. The molecule has 13 heavy (non-hydrogen) atoms. The molecule has 0 N–H and O–H groups in total. The second-order valence-corrected chi connectivity index (χ2v) is 3.96. The molecule has 0 spiro atoms. The summed E-state index contributed by atoms with van der Waals surface area (Å²) >= 11 is 0. The SMILES string of the molecule is O=C1C=CCCC1C1=CCCCC1. The van der Waals surface area contributed by atoms with E-state index in [0.717, 1.165) is 19.3 Å². The van der Waals surface area contributed by atoms with E-state index in [9.17, 15) is 4.79 Å². The molecule has 2 aliphatic carbocycles. The molecule has 0 bridgehead atoms. The van der Waals surface area contributed by atoms with E-state index < -0.39 is 0 Å². The van der Waals surface area contributed by atoms with Gasteiger partial charge in [-0.25, -0.2) is 0 Å². The number of rotatable bonds is 1. The van der Waals surface area contributed by atoms with Gasteiger partial charge in [0, 0.05) is 5.92 Å². The lowest BCUT2D eigenvalue weighted by molar-refractivity contribution is -0.117. The number of hydrogen-bond donors (Lipinski definition) is 0. The van der Waals surface area contributed by atoms with Gasteiger partial charge in [-0.15, -0.1) is 0 Å². The molecule has 0 saturated heterocycles. The summed E-state index contributed by atoms with van der Waals surface area (Å²) in [6.45, 7) is 0. The van der Waals surface area contributed by atoms with Crippen molar-refractivity contribution in [3.05, 3.63) is 23.8 Å². The third-order valence-corrected chi connectivity index (χ3v) is 3.02. The maximum absolute atomic E-state index is 11.6. The van der Waals surface area contributed by atoms with Crippen LogP contribution in [0.2, 0.25) is 0 Å². The molecule has 2 rings (SSSR count). The molecule has 1 unspecified atom stereocenters. The first-order chi connectivity index (χ1) is 6.38. The quantitative estimate of drug-likeness (QED) is 0.561. The first-order valence-corrected chi connectivity index (χ1v) is 5.27. The fraction of sp³-hybridized carbons (Fsp3) is 0.583. The van der Waals surface area contributed by atoms with E-state index >= 15 is 0 Å². The van der Waals surface area contributed by atoms with Gasteiger partial charge in [0.15, 0.2) is 5.78 Å². The smallest absolute Gasteiger partial charge is 0.162 e. The average molecular weight is 176 g/mol. The van der Waals surface area contributed by atoms with Gasteiger partial charge in [0.1, 0.15) is 0 Å². The fourth-order valence-corrected chi connectivity index (χ4v) is 2.27. The van der Waals surface area contributed by atoms with E-state index in [2.05, 4.69) is 6.08 Å². The standard InChI is InChI=1S/C12H16O/c13-12-9-5-4-8-11(12)10-6-2-1-3-7-10/h5-6,9,11H,1-4,7-8H2. The van der Waals surface area contributed by atoms with Gasteiger partial charge in [-0.05, 0) is 44.6 Å². The van der Waals surface area contributed by atoms with Crippen molar-refractivity contribution in [3.8, 4) is 0 Å².